The molecule has 0 bridgehead atoms. The number of amides is 2. The summed E-state index contributed by atoms with van der Waals surface area (Å²) in [6.45, 7) is 5.12. The van der Waals surface area contributed by atoms with Gasteiger partial charge in [0.2, 0.25) is 11.8 Å². The summed E-state index contributed by atoms with van der Waals surface area (Å²) in [6.07, 6.45) is 0.280. The van der Waals surface area contributed by atoms with Crippen molar-refractivity contribution in [3.8, 4) is 5.75 Å². The highest BCUT2D eigenvalue weighted by atomic mass is 79.9. The lowest BCUT2D eigenvalue weighted by atomic mass is 10.1. The fourth-order valence-electron chi connectivity index (χ4n) is 4.24. The monoisotopic (exact) mass is 683 g/mol. The molecule has 0 aliphatic rings. The molecule has 0 aliphatic heterocycles. The van der Waals surface area contributed by atoms with E-state index in [2.05, 4.69) is 21.2 Å². The number of benzene rings is 3. The normalized spacial score (nSPS) is 12.0. The summed E-state index contributed by atoms with van der Waals surface area (Å²) in [7, 11) is -2.77. The van der Waals surface area contributed by atoms with Crippen LogP contribution in [0.3, 0.4) is 0 Å². The molecule has 1 atom stereocenters. The fourth-order valence-corrected chi connectivity index (χ4v) is 6.89. The molecule has 3 aromatic carbocycles. The Bertz CT molecular complexity index is 1480. The highest BCUT2D eigenvalue weighted by Gasteiger charge is 2.34. The third-order valence-corrected chi connectivity index (χ3v) is 9.54. The van der Waals surface area contributed by atoms with Crippen LogP contribution in [0.5, 0.6) is 5.75 Å². The lowest BCUT2D eigenvalue weighted by Gasteiger charge is -2.33. The van der Waals surface area contributed by atoms with Crippen molar-refractivity contribution in [3.05, 3.63) is 86.3 Å². The number of likely N-dealkylation sites (N-methyl/N-ethyl adjacent to an activating group) is 1. The lowest BCUT2D eigenvalue weighted by molar-refractivity contribution is -0.140. The van der Waals surface area contributed by atoms with Crippen LogP contribution in [0.25, 0.3) is 0 Å². The number of methoxy groups -OCH3 is 1. The summed E-state index contributed by atoms with van der Waals surface area (Å²) in [6, 6.07) is 15.2. The molecule has 0 saturated carbocycles. The number of ether oxygens (including phenoxy) is 1. The maximum Gasteiger partial charge on any atom is 0.264 e. The van der Waals surface area contributed by atoms with Gasteiger partial charge in [-0.2, -0.15) is 0 Å². The number of aryl methyl sites for hydroxylation is 1. The average Bonchev–Trinajstić information content (AvgIpc) is 2.93. The molecule has 41 heavy (non-hydrogen) atoms. The minimum atomic E-state index is -4.25. The first-order valence-corrected chi connectivity index (χ1v) is 15.9. The van der Waals surface area contributed by atoms with Gasteiger partial charge in [-0.1, -0.05) is 53.9 Å². The largest absolute Gasteiger partial charge is 0.496 e. The zero-order chi connectivity index (χ0) is 30.3. The number of sulfonamides is 1. The number of hydrogen-bond donors (Lipinski definition) is 1. The number of nitrogens with zero attached hydrogens (tertiary/aromatic N) is 2. The Morgan fingerprint density at radius 3 is 2.20 bits per heavy atom. The van der Waals surface area contributed by atoms with Crippen molar-refractivity contribution in [2.75, 3.05) is 24.5 Å². The van der Waals surface area contributed by atoms with Crippen molar-refractivity contribution >= 4 is 66.7 Å². The summed E-state index contributed by atoms with van der Waals surface area (Å²) in [5.41, 5.74) is 1.66. The molecule has 0 heterocycles. The van der Waals surface area contributed by atoms with Crippen LogP contribution >= 0.6 is 39.1 Å². The van der Waals surface area contributed by atoms with Gasteiger partial charge in [-0.05, 0) is 78.7 Å². The molecule has 0 fully saturated rings. The number of halogens is 3. The first-order valence-electron chi connectivity index (χ1n) is 12.9. The van der Waals surface area contributed by atoms with Crippen LogP contribution < -0.4 is 14.4 Å². The molecule has 0 radical (unpaired) electrons. The summed E-state index contributed by atoms with van der Waals surface area (Å²) in [4.78, 5) is 28.5. The van der Waals surface area contributed by atoms with Crippen molar-refractivity contribution in [1.82, 2.24) is 10.2 Å². The van der Waals surface area contributed by atoms with Gasteiger partial charge >= 0.3 is 0 Å². The van der Waals surface area contributed by atoms with E-state index in [9.17, 15) is 18.0 Å². The van der Waals surface area contributed by atoms with Crippen LogP contribution in [0.4, 0.5) is 5.69 Å². The van der Waals surface area contributed by atoms with E-state index in [0.717, 1.165) is 9.87 Å². The van der Waals surface area contributed by atoms with Gasteiger partial charge in [0.05, 0.1) is 22.2 Å². The SMILES string of the molecule is CCNC(=O)C(CC)N(Cc1c(Cl)cccc1Cl)C(=O)CN(c1ccc(C)cc1)S(=O)(=O)c1ccc(OC)c(Br)c1. The van der Waals surface area contributed by atoms with E-state index in [-0.39, 0.29) is 29.5 Å². The van der Waals surface area contributed by atoms with Gasteiger partial charge in [-0.25, -0.2) is 8.42 Å². The van der Waals surface area contributed by atoms with Gasteiger partial charge in [0, 0.05) is 28.7 Å². The van der Waals surface area contributed by atoms with E-state index in [1.54, 1.807) is 56.3 Å². The second kappa shape index (κ2) is 14.4. The van der Waals surface area contributed by atoms with Gasteiger partial charge in [0.25, 0.3) is 10.0 Å². The van der Waals surface area contributed by atoms with Gasteiger partial charge in [-0.15, -0.1) is 0 Å². The van der Waals surface area contributed by atoms with E-state index in [0.29, 0.717) is 32.4 Å². The molecule has 8 nitrogen and oxygen atoms in total. The number of hydrogen-bond acceptors (Lipinski definition) is 5. The predicted octanol–water partition coefficient (Wildman–Crippen LogP) is 6.21. The molecule has 3 rings (SSSR count). The highest BCUT2D eigenvalue weighted by Crippen LogP contribution is 2.32. The quantitative estimate of drug-likeness (QED) is 0.245. The molecule has 0 saturated heterocycles. The van der Waals surface area contributed by atoms with Gasteiger partial charge in [0.15, 0.2) is 0 Å². The van der Waals surface area contributed by atoms with Gasteiger partial charge < -0.3 is 15.0 Å². The Kier molecular flexibility index (Phi) is 11.5. The van der Waals surface area contributed by atoms with E-state index in [4.69, 9.17) is 27.9 Å². The third-order valence-electron chi connectivity index (χ3n) is 6.44. The molecule has 0 spiro atoms. The minimum absolute atomic E-state index is 0.0463. The second-order valence-corrected chi connectivity index (χ2v) is 12.7. The first kappa shape index (κ1) is 32.7. The molecule has 2 amide bonds. The van der Waals surface area contributed by atoms with Gasteiger partial charge in [0.1, 0.15) is 18.3 Å². The second-order valence-electron chi connectivity index (χ2n) is 9.18. The Labute approximate surface area is 259 Å². The Balaban J connectivity index is 2.12. The van der Waals surface area contributed by atoms with E-state index >= 15 is 0 Å². The first-order chi connectivity index (χ1) is 19.4. The summed E-state index contributed by atoms with van der Waals surface area (Å²) in [5, 5.41) is 3.42. The molecule has 1 unspecified atom stereocenters. The molecule has 12 heteroatoms. The zero-order valence-corrected chi connectivity index (χ0v) is 27.1. The molecule has 1 N–H and O–H groups in total. The average molecular weight is 685 g/mol. The molecular weight excluding hydrogens is 653 g/mol. The Hall–Kier alpha value is -2.79. The Morgan fingerprint density at radius 1 is 1.02 bits per heavy atom. The topological polar surface area (TPSA) is 96.0 Å². The number of nitrogens with one attached hydrogen (secondary N) is 1. The molecule has 0 aromatic heterocycles. The van der Waals surface area contributed by atoms with Crippen LogP contribution in [0.1, 0.15) is 31.4 Å². The maximum atomic E-state index is 14.1. The van der Waals surface area contributed by atoms with Crippen molar-refractivity contribution in [3.63, 3.8) is 0 Å². The van der Waals surface area contributed by atoms with Crippen LogP contribution in [0, 0.1) is 6.92 Å². The number of carbonyl (C=O) groups excluding carboxylic acids is 2. The van der Waals surface area contributed by atoms with Crippen molar-refractivity contribution in [2.24, 2.45) is 0 Å². The summed E-state index contributed by atoms with van der Waals surface area (Å²) < 4.78 is 34.8. The molecular formula is C29H32BrCl2N3O5S. The standard InChI is InChI=1S/C29H32BrCl2N3O5S/c1-5-26(29(37)33-6-2)34(17-22-24(31)8-7-9-25(22)32)28(36)18-35(20-12-10-19(3)11-13-20)41(38,39)21-14-15-27(40-4)23(30)16-21/h7-16,26H,5-6,17-18H2,1-4H3,(H,33,37). The minimum Gasteiger partial charge on any atom is -0.496 e. The van der Waals surface area contributed by atoms with Crippen LogP contribution in [0.2, 0.25) is 10.0 Å². The number of anilines is 1. The van der Waals surface area contributed by atoms with Crippen LogP contribution in [-0.4, -0.2) is 51.4 Å². The van der Waals surface area contributed by atoms with E-state index < -0.39 is 28.5 Å². The molecule has 0 aliphatic carbocycles. The lowest BCUT2D eigenvalue weighted by Crippen LogP contribution is -2.52. The predicted molar refractivity (Wildman–Crippen MR) is 166 cm³/mol. The zero-order valence-electron chi connectivity index (χ0n) is 23.2. The number of carbonyl (C=O) groups is 2. The summed E-state index contributed by atoms with van der Waals surface area (Å²) >= 11 is 16.2. The van der Waals surface area contributed by atoms with E-state index in [1.807, 2.05) is 6.92 Å². The van der Waals surface area contributed by atoms with Crippen LogP contribution in [-0.2, 0) is 26.2 Å². The third kappa shape index (κ3) is 7.74. The summed E-state index contributed by atoms with van der Waals surface area (Å²) in [5.74, 6) is -0.511. The molecule has 220 valence electrons. The number of rotatable bonds is 12. The highest BCUT2D eigenvalue weighted by molar-refractivity contribution is 9.10. The molecule has 3 aromatic rings. The van der Waals surface area contributed by atoms with Crippen LogP contribution in [0.15, 0.2) is 70.0 Å². The van der Waals surface area contributed by atoms with Crippen molar-refractivity contribution in [2.45, 2.75) is 44.7 Å². The van der Waals surface area contributed by atoms with Crippen molar-refractivity contribution < 1.29 is 22.7 Å². The maximum absolute atomic E-state index is 14.1. The smallest absolute Gasteiger partial charge is 0.264 e. The van der Waals surface area contributed by atoms with E-state index in [1.165, 1.54) is 30.2 Å². The van der Waals surface area contributed by atoms with Gasteiger partial charge in [-0.3, -0.25) is 13.9 Å². The fraction of sp³-hybridized carbons (Fsp3) is 0.310. The van der Waals surface area contributed by atoms with Crippen molar-refractivity contribution in [1.29, 1.82) is 0 Å². The Morgan fingerprint density at radius 2 is 1.66 bits per heavy atom.